The molecule has 0 radical (unpaired) electrons. The number of methoxy groups -OCH3 is 1. The standard InChI is InChI=1S/C13H19NO/c1-5-6-12(14-3)11-8-7-10(2)13(9-11)15-4/h5,7-9,12,14H,1,6H2,2-4H3. The van der Waals surface area contributed by atoms with Crippen LogP contribution in [0.1, 0.15) is 23.6 Å². The highest BCUT2D eigenvalue weighted by atomic mass is 16.5. The maximum absolute atomic E-state index is 5.30. The normalized spacial score (nSPS) is 12.2. The predicted octanol–water partition coefficient (Wildman–Crippen LogP) is 2.84. The molecule has 1 N–H and O–H groups in total. The summed E-state index contributed by atoms with van der Waals surface area (Å²) in [7, 11) is 3.66. The Hall–Kier alpha value is -1.28. The third-order valence-electron chi connectivity index (χ3n) is 2.59. The topological polar surface area (TPSA) is 21.3 Å². The van der Waals surface area contributed by atoms with E-state index >= 15 is 0 Å². The molecule has 0 heterocycles. The summed E-state index contributed by atoms with van der Waals surface area (Å²) in [5.74, 6) is 0.941. The van der Waals surface area contributed by atoms with Gasteiger partial charge in [0.05, 0.1) is 7.11 Å². The van der Waals surface area contributed by atoms with Crippen LogP contribution in [0, 0.1) is 6.92 Å². The van der Waals surface area contributed by atoms with Gasteiger partial charge in [-0.15, -0.1) is 6.58 Å². The first kappa shape index (κ1) is 11.8. The molecule has 0 fully saturated rings. The molecule has 0 aliphatic heterocycles. The van der Waals surface area contributed by atoms with E-state index in [2.05, 4.69) is 30.1 Å². The van der Waals surface area contributed by atoms with Crippen molar-refractivity contribution in [1.29, 1.82) is 0 Å². The molecular weight excluding hydrogens is 186 g/mol. The molecule has 1 rings (SSSR count). The van der Waals surface area contributed by atoms with E-state index in [0.717, 1.165) is 17.7 Å². The lowest BCUT2D eigenvalue weighted by Gasteiger charge is -2.16. The Morgan fingerprint density at radius 1 is 1.53 bits per heavy atom. The molecular formula is C13H19NO. The minimum absolute atomic E-state index is 0.317. The fourth-order valence-corrected chi connectivity index (χ4v) is 1.64. The van der Waals surface area contributed by atoms with Crippen LogP contribution in [-0.4, -0.2) is 14.2 Å². The molecule has 1 atom stereocenters. The van der Waals surface area contributed by atoms with Crippen LogP contribution < -0.4 is 10.1 Å². The van der Waals surface area contributed by atoms with E-state index in [1.807, 2.05) is 20.0 Å². The van der Waals surface area contributed by atoms with Gasteiger partial charge in [-0.2, -0.15) is 0 Å². The number of benzene rings is 1. The molecule has 0 bridgehead atoms. The van der Waals surface area contributed by atoms with E-state index in [0.29, 0.717) is 6.04 Å². The van der Waals surface area contributed by atoms with Gasteiger partial charge in [-0.1, -0.05) is 18.2 Å². The maximum Gasteiger partial charge on any atom is 0.122 e. The number of hydrogen-bond donors (Lipinski definition) is 1. The van der Waals surface area contributed by atoms with Crippen LogP contribution in [0.4, 0.5) is 0 Å². The summed E-state index contributed by atoms with van der Waals surface area (Å²) in [6, 6.07) is 6.61. The molecule has 1 aromatic rings. The lowest BCUT2D eigenvalue weighted by atomic mass is 10.0. The molecule has 1 unspecified atom stereocenters. The molecule has 0 spiro atoms. The van der Waals surface area contributed by atoms with Crippen LogP contribution in [0.25, 0.3) is 0 Å². The molecule has 0 amide bonds. The van der Waals surface area contributed by atoms with Crippen LogP contribution in [0.15, 0.2) is 30.9 Å². The van der Waals surface area contributed by atoms with Crippen LogP contribution >= 0.6 is 0 Å². The minimum atomic E-state index is 0.317. The van der Waals surface area contributed by atoms with Crippen LogP contribution in [0.2, 0.25) is 0 Å². The van der Waals surface area contributed by atoms with E-state index in [-0.39, 0.29) is 0 Å². The molecule has 0 saturated heterocycles. The number of hydrogen-bond acceptors (Lipinski definition) is 2. The van der Waals surface area contributed by atoms with Crippen molar-refractivity contribution in [2.24, 2.45) is 0 Å². The fourth-order valence-electron chi connectivity index (χ4n) is 1.64. The molecule has 0 saturated carbocycles. The Morgan fingerprint density at radius 2 is 2.27 bits per heavy atom. The van der Waals surface area contributed by atoms with Crippen molar-refractivity contribution in [2.45, 2.75) is 19.4 Å². The first-order valence-electron chi connectivity index (χ1n) is 5.15. The summed E-state index contributed by atoms with van der Waals surface area (Å²) in [6.45, 7) is 5.81. The maximum atomic E-state index is 5.30. The van der Waals surface area contributed by atoms with Gasteiger partial charge in [-0.25, -0.2) is 0 Å². The molecule has 0 aliphatic rings. The van der Waals surface area contributed by atoms with E-state index in [9.17, 15) is 0 Å². The fraction of sp³-hybridized carbons (Fsp3) is 0.385. The van der Waals surface area contributed by atoms with Gasteiger partial charge in [-0.3, -0.25) is 0 Å². The first-order valence-corrected chi connectivity index (χ1v) is 5.15. The number of ether oxygens (including phenoxy) is 1. The third-order valence-corrected chi connectivity index (χ3v) is 2.59. The Labute approximate surface area is 92.0 Å². The van der Waals surface area contributed by atoms with Gasteiger partial charge in [0.2, 0.25) is 0 Å². The summed E-state index contributed by atoms with van der Waals surface area (Å²) in [5, 5.41) is 3.26. The van der Waals surface area contributed by atoms with Gasteiger partial charge < -0.3 is 10.1 Å². The second kappa shape index (κ2) is 5.56. The minimum Gasteiger partial charge on any atom is -0.496 e. The van der Waals surface area contributed by atoms with Crippen molar-refractivity contribution in [3.63, 3.8) is 0 Å². The highest BCUT2D eigenvalue weighted by Crippen LogP contribution is 2.24. The highest BCUT2D eigenvalue weighted by molar-refractivity contribution is 5.37. The molecule has 0 aromatic heterocycles. The quantitative estimate of drug-likeness (QED) is 0.746. The summed E-state index contributed by atoms with van der Waals surface area (Å²) >= 11 is 0. The lowest BCUT2D eigenvalue weighted by molar-refractivity contribution is 0.410. The van der Waals surface area contributed by atoms with Crippen LogP contribution in [0.3, 0.4) is 0 Å². The van der Waals surface area contributed by atoms with Crippen molar-refractivity contribution in [3.05, 3.63) is 42.0 Å². The summed E-state index contributed by atoms with van der Waals surface area (Å²) in [4.78, 5) is 0. The van der Waals surface area contributed by atoms with Crippen molar-refractivity contribution in [2.75, 3.05) is 14.2 Å². The smallest absolute Gasteiger partial charge is 0.122 e. The summed E-state index contributed by atoms with van der Waals surface area (Å²) in [6.07, 6.45) is 2.84. The molecule has 1 aromatic carbocycles. The Morgan fingerprint density at radius 3 is 2.80 bits per heavy atom. The second-order valence-corrected chi connectivity index (χ2v) is 3.59. The zero-order valence-electron chi connectivity index (χ0n) is 9.71. The van der Waals surface area contributed by atoms with E-state index in [1.54, 1.807) is 7.11 Å². The molecule has 82 valence electrons. The average molecular weight is 205 g/mol. The van der Waals surface area contributed by atoms with E-state index < -0.39 is 0 Å². The molecule has 2 nitrogen and oxygen atoms in total. The van der Waals surface area contributed by atoms with Crippen molar-refractivity contribution in [1.82, 2.24) is 5.32 Å². The number of rotatable bonds is 5. The van der Waals surface area contributed by atoms with Crippen molar-refractivity contribution >= 4 is 0 Å². The zero-order chi connectivity index (χ0) is 11.3. The zero-order valence-corrected chi connectivity index (χ0v) is 9.71. The summed E-state index contributed by atoms with van der Waals surface area (Å²) < 4.78 is 5.30. The highest BCUT2D eigenvalue weighted by Gasteiger charge is 2.09. The largest absolute Gasteiger partial charge is 0.496 e. The molecule has 15 heavy (non-hydrogen) atoms. The van der Waals surface area contributed by atoms with Crippen molar-refractivity contribution < 1.29 is 4.74 Å². The Kier molecular flexibility index (Phi) is 4.37. The van der Waals surface area contributed by atoms with Crippen molar-refractivity contribution in [3.8, 4) is 5.75 Å². The second-order valence-electron chi connectivity index (χ2n) is 3.59. The van der Waals surface area contributed by atoms with Gasteiger partial charge in [0.25, 0.3) is 0 Å². The number of aryl methyl sites for hydroxylation is 1. The first-order chi connectivity index (χ1) is 7.22. The van der Waals surface area contributed by atoms with Gasteiger partial charge in [0, 0.05) is 6.04 Å². The average Bonchev–Trinajstić information content (AvgIpc) is 2.27. The van der Waals surface area contributed by atoms with Gasteiger partial charge in [-0.05, 0) is 37.6 Å². The monoisotopic (exact) mass is 205 g/mol. The van der Waals surface area contributed by atoms with Gasteiger partial charge in [0.15, 0.2) is 0 Å². The van der Waals surface area contributed by atoms with Gasteiger partial charge in [0.1, 0.15) is 5.75 Å². The lowest BCUT2D eigenvalue weighted by Crippen LogP contribution is -2.15. The third kappa shape index (κ3) is 2.83. The Bertz CT molecular complexity index is 333. The molecule has 2 heteroatoms. The van der Waals surface area contributed by atoms with Crippen LogP contribution in [-0.2, 0) is 0 Å². The summed E-state index contributed by atoms with van der Waals surface area (Å²) in [5.41, 5.74) is 2.40. The SMILES string of the molecule is C=CCC(NC)c1ccc(C)c(OC)c1. The van der Waals surface area contributed by atoms with Gasteiger partial charge >= 0.3 is 0 Å². The Balaban J connectivity index is 2.97. The van der Waals surface area contributed by atoms with Crippen LogP contribution in [0.5, 0.6) is 5.75 Å². The predicted molar refractivity (Wildman–Crippen MR) is 64.3 cm³/mol. The van der Waals surface area contributed by atoms with E-state index in [1.165, 1.54) is 5.56 Å². The van der Waals surface area contributed by atoms with E-state index in [4.69, 9.17) is 4.74 Å². The number of nitrogens with one attached hydrogen (secondary N) is 1. The molecule has 0 aliphatic carbocycles.